The third kappa shape index (κ3) is 2.32. The number of phenols is 1. The van der Waals surface area contributed by atoms with Gasteiger partial charge < -0.3 is 14.4 Å². The zero-order chi connectivity index (χ0) is 15.0. The molecule has 2 aromatic carbocycles. The van der Waals surface area contributed by atoms with Gasteiger partial charge in [-0.1, -0.05) is 11.6 Å². The molecule has 3 rings (SSSR count). The molecule has 0 amide bonds. The van der Waals surface area contributed by atoms with Gasteiger partial charge in [-0.15, -0.1) is 0 Å². The van der Waals surface area contributed by atoms with E-state index in [0.717, 1.165) is 29.0 Å². The molecule has 1 N–H and O–H groups in total. The van der Waals surface area contributed by atoms with Crippen LogP contribution in [0.4, 0.5) is 0 Å². The van der Waals surface area contributed by atoms with Gasteiger partial charge in [-0.05, 0) is 43.3 Å². The minimum absolute atomic E-state index is 0.0998. The van der Waals surface area contributed by atoms with Gasteiger partial charge in [0.25, 0.3) is 0 Å². The third-order valence-electron chi connectivity index (χ3n) is 3.46. The van der Waals surface area contributed by atoms with Crippen LogP contribution in [0.15, 0.2) is 36.4 Å². The van der Waals surface area contributed by atoms with Crippen LogP contribution in [-0.4, -0.2) is 21.8 Å². The highest BCUT2D eigenvalue weighted by Crippen LogP contribution is 2.33. The molecule has 108 valence electrons. The summed E-state index contributed by atoms with van der Waals surface area (Å²) in [5.41, 5.74) is 2.70. The van der Waals surface area contributed by atoms with Crippen molar-refractivity contribution in [2.24, 2.45) is 0 Å². The fourth-order valence-corrected chi connectivity index (χ4v) is 2.64. The molecule has 21 heavy (non-hydrogen) atoms. The lowest BCUT2D eigenvalue weighted by molar-refractivity contribution is 0.373. The first kappa shape index (κ1) is 13.8. The number of nitrogens with zero attached hydrogens (tertiary/aromatic N) is 2. The van der Waals surface area contributed by atoms with Crippen molar-refractivity contribution in [1.82, 2.24) is 9.55 Å². The zero-order valence-corrected chi connectivity index (χ0v) is 12.6. The quantitative estimate of drug-likeness (QED) is 0.792. The Morgan fingerprint density at radius 2 is 2.05 bits per heavy atom. The largest absolute Gasteiger partial charge is 0.504 e. The number of fused-ring (bicyclic) bond motifs is 1. The highest BCUT2D eigenvalue weighted by atomic mass is 35.5. The number of phenolic OH excluding ortho intramolecular Hbond substituents is 1. The Balaban J connectivity index is 2.21. The van der Waals surface area contributed by atoms with E-state index in [1.165, 1.54) is 7.11 Å². The number of hydrogen-bond donors (Lipinski definition) is 1. The normalized spacial score (nSPS) is 11.0. The molecular weight excluding hydrogens is 288 g/mol. The Hall–Kier alpha value is -2.20. The van der Waals surface area contributed by atoms with Crippen molar-refractivity contribution in [2.45, 2.75) is 13.5 Å². The maximum absolute atomic E-state index is 9.95. The van der Waals surface area contributed by atoms with E-state index in [0.29, 0.717) is 10.8 Å². The molecule has 0 aliphatic heterocycles. The van der Waals surface area contributed by atoms with Gasteiger partial charge in [0.1, 0.15) is 5.82 Å². The number of methoxy groups -OCH3 is 1. The lowest BCUT2D eigenvalue weighted by atomic mass is 10.2. The van der Waals surface area contributed by atoms with E-state index in [4.69, 9.17) is 16.3 Å². The van der Waals surface area contributed by atoms with E-state index < -0.39 is 0 Å². The van der Waals surface area contributed by atoms with Crippen LogP contribution in [0.1, 0.15) is 6.92 Å². The molecule has 5 heteroatoms. The van der Waals surface area contributed by atoms with E-state index in [9.17, 15) is 5.11 Å². The van der Waals surface area contributed by atoms with Crippen molar-refractivity contribution in [2.75, 3.05) is 7.11 Å². The summed E-state index contributed by atoms with van der Waals surface area (Å²) in [6.07, 6.45) is 0. The van der Waals surface area contributed by atoms with E-state index >= 15 is 0 Å². The number of benzene rings is 2. The summed E-state index contributed by atoms with van der Waals surface area (Å²) < 4.78 is 7.16. The SMILES string of the molecule is CCn1c(-c2ccc(OC)c(O)c2)nc2cc(Cl)ccc21. The minimum Gasteiger partial charge on any atom is -0.504 e. The minimum atomic E-state index is 0.0998. The average Bonchev–Trinajstić information content (AvgIpc) is 2.84. The van der Waals surface area contributed by atoms with Crippen molar-refractivity contribution >= 4 is 22.6 Å². The molecule has 0 saturated heterocycles. The van der Waals surface area contributed by atoms with Crippen LogP contribution in [0, 0.1) is 0 Å². The number of hydrogen-bond acceptors (Lipinski definition) is 3. The summed E-state index contributed by atoms with van der Waals surface area (Å²) in [6.45, 7) is 2.84. The first-order valence-electron chi connectivity index (χ1n) is 6.67. The number of ether oxygens (including phenoxy) is 1. The second kappa shape index (κ2) is 5.30. The fraction of sp³-hybridized carbons (Fsp3) is 0.188. The molecule has 0 spiro atoms. The van der Waals surface area contributed by atoms with Crippen molar-refractivity contribution in [3.05, 3.63) is 41.4 Å². The molecule has 0 saturated carbocycles. The summed E-state index contributed by atoms with van der Waals surface area (Å²) in [5, 5.41) is 10.6. The van der Waals surface area contributed by atoms with Gasteiger partial charge >= 0.3 is 0 Å². The van der Waals surface area contributed by atoms with E-state index in [1.54, 1.807) is 12.1 Å². The van der Waals surface area contributed by atoms with Crippen molar-refractivity contribution in [1.29, 1.82) is 0 Å². The molecule has 0 radical (unpaired) electrons. The molecule has 0 atom stereocenters. The third-order valence-corrected chi connectivity index (χ3v) is 3.70. The van der Waals surface area contributed by atoms with E-state index in [2.05, 4.69) is 16.5 Å². The molecule has 0 aliphatic rings. The van der Waals surface area contributed by atoms with Crippen LogP contribution >= 0.6 is 11.6 Å². The Morgan fingerprint density at radius 3 is 2.71 bits per heavy atom. The monoisotopic (exact) mass is 302 g/mol. The molecule has 0 bridgehead atoms. The number of aromatic nitrogens is 2. The van der Waals surface area contributed by atoms with Crippen LogP contribution in [0.3, 0.4) is 0 Å². The fourth-order valence-electron chi connectivity index (χ4n) is 2.47. The Morgan fingerprint density at radius 1 is 1.24 bits per heavy atom. The summed E-state index contributed by atoms with van der Waals surface area (Å²) >= 11 is 6.03. The first-order valence-corrected chi connectivity index (χ1v) is 7.05. The van der Waals surface area contributed by atoms with Crippen molar-refractivity contribution in [3.63, 3.8) is 0 Å². The van der Waals surface area contributed by atoms with Crippen molar-refractivity contribution in [3.8, 4) is 22.9 Å². The topological polar surface area (TPSA) is 47.3 Å². The highest BCUT2D eigenvalue weighted by Gasteiger charge is 2.13. The molecule has 0 aliphatic carbocycles. The van der Waals surface area contributed by atoms with Gasteiger partial charge in [0.2, 0.25) is 0 Å². The number of aryl methyl sites for hydroxylation is 1. The number of halogens is 1. The van der Waals surface area contributed by atoms with Gasteiger partial charge in [-0.2, -0.15) is 0 Å². The van der Waals surface area contributed by atoms with Gasteiger partial charge in [0.15, 0.2) is 11.5 Å². The summed E-state index contributed by atoms with van der Waals surface area (Å²) in [6, 6.07) is 10.9. The molecule has 4 nitrogen and oxygen atoms in total. The first-order chi connectivity index (χ1) is 10.1. The Bertz CT molecular complexity index is 811. The lowest BCUT2D eigenvalue weighted by Gasteiger charge is -2.08. The van der Waals surface area contributed by atoms with Gasteiger partial charge in [0.05, 0.1) is 18.1 Å². The van der Waals surface area contributed by atoms with Crippen LogP contribution < -0.4 is 4.74 Å². The maximum Gasteiger partial charge on any atom is 0.160 e. The predicted octanol–water partition coefficient (Wildman–Crippen LogP) is 4.09. The summed E-state index contributed by atoms with van der Waals surface area (Å²) in [5.74, 6) is 1.34. The summed E-state index contributed by atoms with van der Waals surface area (Å²) in [7, 11) is 1.53. The molecule has 1 heterocycles. The molecule has 3 aromatic rings. The second-order valence-electron chi connectivity index (χ2n) is 4.70. The van der Waals surface area contributed by atoms with Crippen LogP contribution in [0.2, 0.25) is 5.02 Å². The summed E-state index contributed by atoms with van der Waals surface area (Å²) in [4.78, 5) is 4.64. The van der Waals surface area contributed by atoms with E-state index in [-0.39, 0.29) is 5.75 Å². The van der Waals surface area contributed by atoms with E-state index in [1.807, 2.05) is 24.3 Å². The smallest absolute Gasteiger partial charge is 0.160 e. The van der Waals surface area contributed by atoms with Crippen LogP contribution in [-0.2, 0) is 6.54 Å². The standard InChI is InChI=1S/C16H15ClN2O2/c1-3-19-13-6-5-11(17)9-12(13)18-16(19)10-4-7-15(21-2)14(20)8-10/h4-9,20H,3H2,1-2H3. The Labute approximate surface area is 127 Å². The highest BCUT2D eigenvalue weighted by molar-refractivity contribution is 6.31. The predicted molar refractivity (Wildman–Crippen MR) is 84.1 cm³/mol. The molecule has 0 unspecified atom stereocenters. The molecular formula is C16H15ClN2O2. The lowest BCUT2D eigenvalue weighted by Crippen LogP contribution is -1.97. The Kier molecular flexibility index (Phi) is 3.47. The molecule has 0 fully saturated rings. The van der Waals surface area contributed by atoms with Crippen molar-refractivity contribution < 1.29 is 9.84 Å². The average molecular weight is 303 g/mol. The van der Waals surface area contributed by atoms with Gasteiger partial charge in [-0.25, -0.2) is 4.98 Å². The maximum atomic E-state index is 9.95. The molecule has 1 aromatic heterocycles. The van der Waals surface area contributed by atoms with Gasteiger partial charge in [0, 0.05) is 17.1 Å². The van der Waals surface area contributed by atoms with Crippen LogP contribution in [0.25, 0.3) is 22.4 Å². The second-order valence-corrected chi connectivity index (χ2v) is 5.14. The number of rotatable bonds is 3. The zero-order valence-electron chi connectivity index (χ0n) is 11.8. The van der Waals surface area contributed by atoms with Gasteiger partial charge in [-0.3, -0.25) is 0 Å². The number of imidazole rings is 1. The van der Waals surface area contributed by atoms with Crippen LogP contribution in [0.5, 0.6) is 11.5 Å². The number of aromatic hydroxyl groups is 1.